The molecule has 0 saturated carbocycles. The number of nitrogens with zero attached hydrogens (tertiary/aromatic N) is 2. The van der Waals surface area contributed by atoms with Gasteiger partial charge < -0.3 is 4.42 Å². The number of para-hydroxylation sites is 1. The zero-order chi connectivity index (χ0) is 63.7. The van der Waals surface area contributed by atoms with E-state index in [-0.39, 0.29) is 0 Å². The Bertz CT molecular complexity index is 5210. The van der Waals surface area contributed by atoms with Crippen LogP contribution >= 0.6 is 0 Å². The van der Waals surface area contributed by atoms with Crippen LogP contribution in [-0.4, -0.2) is 26.1 Å². The SMILES string of the molecule is CC(C)c1ccc2c(c1)-c1cc(-c3ccnc(-c4cccc5c4oc4cccc(-c6cc(-c7ccc8c(c7)-c7cc(C(C)C)ccc7[Si]87c8ccc(C(C)C)cc8-c8cc(C(C)C)ccc87)ccn6)c45)c3)ccc1[Si]21c2ccc(C(C)C)cc2-c2cc(C(C)C)ccc21. The highest BCUT2D eigenvalue weighted by Crippen LogP contribution is 2.46. The monoisotopic (exact) mass is 1230 g/mol. The lowest BCUT2D eigenvalue weighted by atomic mass is 9.94. The Kier molecular flexibility index (Phi) is 13.1. The second-order valence-electron chi connectivity index (χ2n) is 29.1. The summed E-state index contributed by atoms with van der Waals surface area (Å²) in [4.78, 5) is 10.3. The molecule has 0 aliphatic carbocycles. The summed E-state index contributed by atoms with van der Waals surface area (Å²) in [5, 5.41) is 14.2. The van der Waals surface area contributed by atoms with Gasteiger partial charge in [0.05, 0.1) is 11.4 Å². The van der Waals surface area contributed by atoms with E-state index in [2.05, 4.69) is 289 Å². The molecule has 454 valence electrons. The Hall–Kier alpha value is -9.27. The largest absolute Gasteiger partial charge is 0.455 e. The minimum atomic E-state index is -2.69. The number of rotatable bonds is 10. The van der Waals surface area contributed by atoms with Crippen LogP contribution in [0.2, 0.25) is 0 Å². The molecule has 0 N–H and O–H groups in total. The first-order valence-electron chi connectivity index (χ1n) is 34.1. The van der Waals surface area contributed by atoms with Crippen molar-refractivity contribution in [3.8, 4) is 89.3 Å². The lowest BCUT2D eigenvalue weighted by Crippen LogP contribution is -2.70. The molecule has 0 bridgehead atoms. The van der Waals surface area contributed by atoms with Gasteiger partial charge in [0.25, 0.3) is 0 Å². The molecule has 0 fully saturated rings. The highest BCUT2D eigenvalue weighted by Gasteiger charge is 2.56. The van der Waals surface area contributed by atoms with Crippen LogP contribution in [0.5, 0.6) is 0 Å². The minimum Gasteiger partial charge on any atom is -0.455 e. The minimum absolute atomic E-state index is 0.405. The van der Waals surface area contributed by atoms with Gasteiger partial charge in [-0.2, -0.15) is 0 Å². The van der Waals surface area contributed by atoms with Crippen molar-refractivity contribution < 1.29 is 4.42 Å². The van der Waals surface area contributed by atoms with Gasteiger partial charge >= 0.3 is 0 Å². The van der Waals surface area contributed by atoms with Crippen LogP contribution < -0.4 is 41.5 Å². The molecule has 4 aliphatic rings. The second-order valence-corrected chi connectivity index (χ2v) is 36.4. The summed E-state index contributed by atoms with van der Waals surface area (Å²) in [5.41, 5.74) is 29.6. The molecular weight excluding hydrogens is 1160 g/mol. The molecule has 4 aliphatic heterocycles. The quantitative estimate of drug-likeness (QED) is 0.128. The van der Waals surface area contributed by atoms with E-state index in [0.29, 0.717) is 35.5 Å². The summed E-state index contributed by atoms with van der Waals surface area (Å²) in [6, 6.07) is 81.4. The lowest BCUT2D eigenvalue weighted by Gasteiger charge is -2.28. The van der Waals surface area contributed by atoms with E-state index in [1.165, 1.54) is 131 Å². The number of furan rings is 1. The fraction of sp³-hybridized carbons (Fsp3) is 0.205. The standard InChI is InChI=1S/C88H78N2OSi2/c1-49(2)55-19-27-79-68(39-55)69-40-56(50(3)4)20-28-80(69)92(79)83-31-23-59(53(9)10)43-72(83)74-45-61(25-33-85(74)92)63-35-37-89-76(47-63)65-15-14-18-78-87(65)67-17-13-16-66(88(67)91-78)77-48-64(36-38-90-77)62-26-34-86-75(46-62)73-44-60(54(11)12)24-32-84(73)93(86)81-29-21-57(51(5)6)41-70(81)71-42-58(52(7)8)22-30-82(71)93/h13-54H,1-12H3. The number of hydrogen-bond donors (Lipinski definition) is 0. The molecule has 0 radical (unpaired) electrons. The molecule has 93 heavy (non-hydrogen) atoms. The molecule has 2 spiro atoms. The first kappa shape index (κ1) is 57.6. The third kappa shape index (κ3) is 8.31. The van der Waals surface area contributed by atoms with Gasteiger partial charge in [0.2, 0.25) is 0 Å². The van der Waals surface area contributed by atoms with E-state index in [1.54, 1.807) is 0 Å². The van der Waals surface area contributed by atoms with Crippen molar-refractivity contribution >= 4 is 79.6 Å². The Labute approximate surface area is 550 Å². The van der Waals surface area contributed by atoms with E-state index in [0.717, 1.165) is 55.6 Å². The van der Waals surface area contributed by atoms with Crippen LogP contribution in [0.1, 0.15) is 152 Å². The van der Waals surface area contributed by atoms with E-state index < -0.39 is 16.1 Å². The van der Waals surface area contributed by atoms with Gasteiger partial charge in [0.1, 0.15) is 11.2 Å². The smallest absolute Gasteiger partial charge is 0.182 e. The fourth-order valence-electron chi connectivity index (χ4n) is 16.9. The summed E-state index contributed by atoms with van der Waals surface area (Å²) in [5.74, 6) is 2.58. The maximum atomic E-state index is 7.02. The summed E-state index contributed by atoms with van der Waals surface area (Å²) in [6.45, 7) is 27.9. The van der Waals surface area contributed by atoms with E-state index in [4.69, 9.17) is 14.4 Å². The van der Waals surface area contributed by atoms with Gasteiger partial charge in [-0.3, -0.25) is 9.97 Å². The topological polar surface area (TPSA) is 38.9 Å². The van der Waals surface area contributed by atoms with Crippen molar-refractivity contribution in [3.63, 3.8) is 0 Å². The highest BCUT2D eigenvalue weighted by atomic mass is 28.3. The van der Waals surface area contributed by atoms with Gasteiger partial charge in [0.15, 0.2) is 16.1 Å². The molecule has 3 aromatic heterocycles. The summed E-state index contributed by atoms with van der Waals surface area (Å²) in [6.07, 6.45) is 3.96. The Morgan fingerprint density at radius 2 is 0.559 bits per heavy atom. The van der Waals surface area contributed by atoms with Gasteiger partial charge in [0, 0.05) is 34.3 Å². The van der Waals surface area contributed by atoms with Crippen molar-refractivity contribution in [1.82, 2.24) is 9.97 Å². The molecule has 0 amide bonds. The fourth-order valence-corrected chi connectivity index (χ4v) is 27.9. The Morgan fingerprint density at radius 1 is 0.269 bits per heavy atom. The van der Waals surface area contributed by atoms with Crippen LogP contribution in [0, 0.1) is 0 Å². The molecule has 7 heterocycles. The van der Waals surface area contributed by atoms with Crippen molar-refractivity contribution in [1.29, 1.82) is 0 Å². The van der Waals surface area contributed by atoms with E-state index >= 15 is 0 Å². The van der Waals surface area contributed by atoms with Crippen molar-refractivity contribution in [3.05, 3.63) is 252 Å². The zero-order valence-corrected chi connectivity index (χ0v) is 57.6. The van der Waals surface area contributed by atoms with Gasteiger partial charge in [-0.25, -0.2) is 0 Å². The molecule has 10 aromatic carbocycles. The predicted octanol–water partition coefficient (Wildman–Crippen LogP) is 18.5. The van der Waals surface area contributed by atoms with E-state index in [1.807, 2.05) is 12.4 Å². The molecule has 0 saturated heterocycles. The van der Waals surface area contributed by atoms with Gasteiger partial charge in [-0.05, 0) is 226 Å². The third-order valence-electron chi connectivity index (χ3n) is 22.0. The normalized spacial score (nSPS) is 14.1. The number of pyridine rings is 2. The summed E-state index contributed by atoms with van der Waals surface area (Å²) >= 11 is 0. The molecular formula is C88H78N2OSi2. The van der Waals surface area contributed by atoms with Gasteiger partial charge in [-0.15, -0.1) is 0 Å². The van der Waals surface area contributed by atoms with Gasteiger partial charge in [-0.1, -0.05) is 241 Å². The molecule has 17 rings (SSSR count). The molecule has 13 aromatic rings. The maximum absolute atomic E-state index is 7.02. The summed E-state index contributed by atoms with van der Waals surface area (Å²) in [7, 11) is -5.38. The van der Waals surface area contributed by atoms with Crippen molar-refractivity contribution in [2.75, 3.05) is 0 Å². The maximum Gasteiger partial charge on any atom is 0.182 e. The first-order chi connectivity index (χ1) is 45.0. The molecule has 0 unspecified atom stereocenters. The van der Waals surface area contributed by atoms with E-state index in [9.17, 15) is 0 Å². The third-order valence-corrected chi connectivity index (χ3v) is 31.9. The van der Waals surface area contributed by atoms with Crippen molar-refractivity contribution in [2.24, 2.45) is 0 Å². The van der Waals surface area contributed by atoms with Crippen LogP contribution in [0.25, 0.3) is 111 Å². The Morgan fingerprint density at radius 3 is 0.903 bits per heavy atom. The first-order valence-corrected chi connectivity index (χ1v) is 38.1. The predicted molar refractivity (Wildman–Crippen MR) is 399 cm³/mol. The molecule has 0 atom stereocenters. The number of aromatic nitrogens is 2. The van der Waals surface area contributed by atoms with Crippen LogP contribution in [-0.2, 0) is 0 Å². The Balaban J connectivity index is 0.757. The average molecular weight is 1240 g/mol. The zero-order valence-electron chi connectivity index (χ0n) is 55.6. The van der Waals surface area contributed by atoms with Crippen LogP contribution in [0.4, 0.5) is 0 Å². The lowest BCUT2D eigenvalue weighted by molar-refractivity contribution is 0.670. The molecule has 3 nitrogen and oxygen atoms in total. The van der Waals surface area contributed by atoms with Crippen molar-refractivity contribution in [2.45, 2.75) is 119 Å². The summed E-state index contributed by atoms with van der Waals surface area (Å²) < 4.78 is 7.02. The highest BCUT2D eigenvalue weighted by molar-refractivity contribution is 7.25. The number of fused-ring (bicyclic) bond motifs is 23. The number of benzene rings is 10. The molecule has 5 heteroatoms. The number of hydrogen-bond acceptors (Lipinski definition) is 3. The average Bonchev–Trinajstić information content (AvgIpc) is 1.52. The van der Waals surface area contributed by atoms with Crippen LogP contribution in [0.15, 0.2) is 223 Å². The second kappa shape index (κ2) is 21.1. The van der Waals surface area contributed by atoms with Crippen LogP contribution in [0.3, 0.4) is 0 Å².